The molecule has 0 aliphatic carbocycles. The number of ether oxygens (including phenoxy) is 1. The Balaban J connectivity index is 1.43. The predicted molar refractivity (Wildman–Crippen MR) is 102 cm³/mol. The van der Waals surface area contributed by atoms with E-state index in [2.05, 4.69) is 20.3 Å². The van der Waals surface area contributed by atoms with Gasteiger partial charge < -0.3 is 10.1 Å². The van der Waals surface area contributed by atoms with Gasteiger partial charge >= 0.3 is 0 Å². The molecule has 7 nitrogen and oxygen atoms in total. The van der Waals surface area contributed by atoms with Gasteiger partial charge in [0, 0.05) is 37.4 Å². The maximum absolute atomic E-state index is 12.5. The fourth-order valence-corrected chi connectivity index (χ4v) is 3.49. The van der Waals surface area contributed by atoms with Crippen LogP contribution in [0.1, 0.15) is 11.6 Å². The lowest BCUT2D eigenvalue weighted by Gasteiger charge is -2.34. The van der Waals surface area contributed by atoms with Crippen molar-refractivity contribution >= 4 is 16.8 Å². The molecule has 1 fully saturated rings. The first-order chi connectivity index (χ1) is 13.3. The summed E-state index contributed by atoms with van der Waals surface area (Å²) in [4.78, 5) is 19.0. The number of fused-ring (bicyclic) bond motifs is 1. The first kappa shape index (κ1) is 17.6. The van der Waals surface area contributed by atoms with Gasteiger partial charge in [0.2, 0.25) is 5.91 Å². The molecular weight excluding hydrogens is 342 g/mol. The lowest BCUT2D eigenvalue weighted by Crippen LogP contribution is -2.44. The average Bonchev–Trinajstić information content (AvgIpc) is 3.13. The largest absolute Gasteiger partial charge is 0.379 e. The summed E-state index contributed by atoms with van der Waals surface area (Å²) in [5.41, 5.74) is 2.11. The van der Waals surface area contributed by atoms with Crippen molar-refractivity contribution < 1.29 is 9.53 Å². The van der Waals surface area contributed by atoms with E-state index in [-0.39, 0.29) is 18.5 Å². The van der Waals surface area contributed by atoms with Gasteiger partial charge in [-0.3, -0.25) is 19.4 Å². The number of nitrogens with one attached hydrogen (secondary N) is 1. The van der Waals surface area contributed by atoms with Crippen molar-refractivity contribution in [2.45, 2.75) is 12.6 Å². The minimum atomic E-state index is -0.0452. The second kappa shape index (κ2) is 8.28. The molecule has 140 valence electrons. The summed E-state index contributed by atoms with van der Waals surface area (Å²) in [6.07, 6.45) is 5.37. The molecule has 4 rings (SSSR count). The average molecular weight is 365 g/mol. The third-order valence-corrected chi connectivity index (χ3v) is 4.91. The summed E-state index contributed by atoms with van der Waals surface area (Å²) in [5, 5.41) is 8.45. The highest BCUT2D eigenvalue weighted by Crippen LogP contribution is 2.20. The Labute approximate surface area is 157 Å². The molecule has 0 saturated carbocycles. The van der Waals surface area contributed by atoms with Crippen molar-refractivity contribution in [3.8, 4) is 0 Å². The van der Waals surface area contributed by atoms with Crippen molar-refractivity contribution in [3.63, 3.8) is 0 Å². The second-order valence-electron chi connectivity index (χ2n) is 6.61. The monoisotopic (exact) mass is 365 g/mol. The molecule has 3 aromatic rings. The van der Waals surface area contributed by atoms with E-state index in [1.54, 1.807) is 23.3 Å². The van der Waals surface area contributed by atoms with Crippen molar-refractivity contribution in [1.29, 1.82) is 0 Å². The number of carbonyl (C=O) groups is 1. The van der Waals surface area contributed by atoms with Crippen LogP contribution in [0.15, 0.2) is 55.0 Å². The SMILES string of the molecule is O=C(Cn1ncc2ccccc21)NCC(c1ccncc1)N1CCOCC1. The third-order valence-electron chi connectivity index (χ3n) is 4.91. The topological polar surface area (TPSA) is 72.3 Å². The van der Waals surface area contributed by atoms with Crippen LogP contribution in [0.3, 0.4) is 0 Å². The Hall–Kier alpha value is -2.77. The number of rotatable bonds is 6. The Bertz CT molecular complexity index is 890. The summed E-state index contributed by atoms with van der Waals surface area (Å²) < 4.78 is 7.21. The van der Waals surface area contributed by atoms with Gasteiger partial charge in [-0.2, -0.15) is 5.10 Å². The van der Waals surface area contributed by atoms with Crippen LogP contribution in [-0.2, 0) is 16.1 Å². The van der Waals surface area contributed by atoms with Crippen LogP contribution in [0.25, 0.3) is 10.9 Å². The first-order valence-electron chi connectivity index (χ1n) is 9.20. The maximum atomic E-state index is 12.5. The molecule has 1 atom stereocenters. The minimum absolute atomic E-state index is 0.0452. The summed E-state index contributed by atoms with van der Waals surface area (Å²) >= 11 is 0. The number of carbonyl (C=O) groups excluding carboxylic acids is 1. The third kappa shape index (κ3) is 4.15. The van der Waals surface area contributed by atoms with E-state index in [4.69, 9.17) is 4.74 Å². The molecule has 7 heteroatoms. The molecule has 1 saturated heterocycles. The van der Waals surface area contributed by atoms with Crippen LogP contribution < -0.4 is 5.32 Å². The van der Waals surface area contributed by atoms with Crippen molar-refractivity contribution in [1.82, 2.24) is 25.0 Å². The van der Waals surface area contributed by atoms with E-state index in [9.17, 15) is 4.79 Å². The molecule has 0 spiro atoms. The van der Waals surface area contributed by atoms with E-state index >= 15 is 0 Å². The van der Waals surface area contributed by atoms with Gasteiger partial charge in [-0.15, -0.1) is 0 Å². The highest BCUT2D eigenvalue weighted by Gasteiger charge is 2.23. The number of morpholine rings is 1. The normalized spacial score (nSPS) is 16.3. The zero-order valence-corrected chi connectivity index (χ0v) is 15.1. The van der Waals surface area contributed by atoms with E-state index in [0.29, 0.717) is 6.54 Å². The molecule has 0 bridgehead atoms. The fourth-order valence-electron chi connectivity index (χ4n) is 3.49. The van der Waals surface area contributed by atoms with Gasteiger partial charge in [0.1, 0.15) is 6.54 Å². The highest BCUT2D eigenvalue weighted by atomic mass is 16.5. The Morgan fingerprint density at radius 3 is 2.74 bits per heavy atom. The Morgan fingerprint density at radius 2 is 1.93 bits per heavy atom. The van der Waals surface area contributed by atoms with Crippen LogP contribution in [0.4, 0.5) is 0 Å². The summed E-state index contributed by atoms with van der Waals surface area (Å²) in [7, 11) is 0. The van der Waals surface area contributed by atoms with E-state index in [1.165, 1.54) is 0 Å². The lowest BCUT2D eigenvalue weighted by molar-refractivity contribution is -0.122. The standard InChI is InChI=1S/C20H23N5O2/c26-20(15-25-18-4-2-1-3-17(18)13-23-25)22-14-19(16-5-7-21-8-6-16)24-9-11-27-12-10-24/h1-8,13,19H,9-12,14-15H2,(H,22,26). The summed E-state index contributed by atoms with van der Waals surface area (Å²) in [5.74, 6) is -0.0452. The van der Waals surface area contributed by atoms with Crippen LogP contribution in [0.5, 0.6) is 0 Å². The van der Waals surface area contributed by atoms with Crippen LogP contribution >= 0.6 is 0 Å². The molecular formula is C20H23N5O2. The molecule has 1 unspecified atom stereocenters. The lowest BCUT2D eigenvalue weighted by atomic mass is 10.1. The number of para-hydroxylation sites is 1. The highest BCUT2D eigenvalue weighted by molar-refractivity contribution is 5.81. The van der Waals surface area contributed by atoms with Gasteiger partial charge in [-0.1, -0.05) is 18.2 Å². The quantitative estimate of drug-likeness (QED) is 0.719. The number of amides is 1. The smallest absolute Gasteiger partial charge is 0.241 e. The van der Waals surface area contributed by atoms with Gasteiger partial charge in [0.15, 0.2) is 0 Å². The first-order valence-corrected chi connectivity index (χ1v) is 9.20. The zero-order chi connectivity index (χ0) is 18.5. The fraction of sp³-hybridized carbons (Fsp3) is 0.350. The molecule has 27 heavy (non-hydrogen) atoms. The summed E-state index contributed by atoms with van der Waals surface area (Å²) in [6.45, 7) is 3.89. The number of aromatic nitrogens is 3. The van der Waals surface area contributed by atoms with Gasteiger partial charge in [-0.05, 0) is 23.8 Å². The van der Waals surface area contributed by atoms with Crippen molar-refractivity contribution in [3.05, 3.63) is 60.6 Å². The molecule has 0 radical (unpaired) electrons. The molecule has 1 aliphatic heterocycles. The second-order valence-corrected chi connectivity index (χ2v) is 6.61. The van der Waals surface area contributed by atoms with E-state index in [0.717, 1.165) is 42.8 Å². The zero-order valence-electron chi connectivity index (χ0n) is 15.1. The van der Waals surface area contributed by atoms with Gasteiger partial charge in [0.05, 0.1) is 31.0 Å². The number of benzene rings is 1. The van der Waals surface area contributed by atoms with E-state index < -0.39 is 0 Å². The number of hydrogen-bond donors (Lipinski definition) is 1. The molecule has 1 aromatic carbocycles. The molecule has 1 amide bonds. The molecule has 1 aliphatic rings. The van der Waals surface area contributed by atoms with Crippen LogP contribution in [0.2, 0.25) is 0 Å². The summed E-state index contributed by atoms with van der Waals surface area (Å²) in [6, 6.07) is 12.0. The van der Waals surface area contributed by atoms with Crippen molar-refractivity contribution in [2.24, 2.45) is 0 Å². The predicted octanol–water partition coefficient (Wildman–Crippen LogP) is 1.62. The van der Waals surface area contributed by atoms with Crippen LogP contribution in [0, 0.1) is 0 Å². The number of nitrogens with zero attached hydrogens (tertiary/aromatic N) is 4. The number of pyridine rings is 1. The molecule has 2 aromatic heterocycles. The molecule has 1 N–H and O–H groups in total. The number of hydrogen-bond acceptors (Lipinski definition) is 5. The molecule has 3 heterocycles. The van der Waals surface area contributed by atoms with Gasteiger partial charge in [0.25, 0.3) is 0 Å². The van der Waals surface area contributed by atoms with Crippen LogP contribution in [-0.4, -0.2) is 58.4 Å². The minimum Gasteiger partial charge on any atom is -0.379 e. The van der Waals surface area contributed by atoms with E-state index in [1.807, 2.05) is 36.4 Å². The Morgan fingerprint density at radius 1 is 1.15 bits per heavy atom. The maximum Gasteiger partial charge on any atom is 0.241 e. The van der Waals surface area contributed by atoms with Gasteiger partial charge in [-0.25, -0.2) is 0 Å². The van der Waals surface area contributed by atoms with Crippen molar-refractivity contribution in [2.75, 3.05) is 32.8 Å². The Kier molecular flexibility index (Phi) is 5.41.